The molecule has 0 unspecified atom stereocenters. The summed E-state index contributed by atoms with van der Waals surface area (Å²) in [7, 11) is 0. The zero-order valence-corrected chi connectivity index (χ0v) is 10.8. The minimum Gasteiger partial charge on any atom is -0.351 e. The van der Waals surface area contributed by atoms with Crippen molar-refractivity contribution in [3.63, 3.8) is 0 Å². The lowest BCUT2D eigenvalue weighted by molar-refractivity contribution is 0.574. The van der Waals surface area contributed by atoms with Crippen molar-refractivity contribution in [1.29, 1.82) is 0 Å². The molecule has 2 aliphatic carbocycles. The highest BCUT2D eigenvalue weighted by Gasteiger charge is 2.31. The highest BCUT2D eigenvalue weighted by atomic mass is 19.1. The first-order valence-electron chi connectivity index (χ1n) is 6.93. The van der Waals surface area contributed by atoms with Crippen molar-refractivity contribution in [2.45, 2.75) is 51.2 Å². The third kappa shape index (κ3) is 2.48. The molecule has 18 heavy (non-hydrogen) atoms. The summed E-state index contributed by atoms with van der Waals surface area (Å²) in [5, 5.41) is 3.36. The second-order valence-electron chi connectivity index (χ2n) is 5.28. The molecule has 3 nitrogen and oxygen atoms in total. The predicted molar refractivity (Wildman–Crippen MR) is 70.1 cm³/mol. The molecule has 0 aliphatic heterocycles. The first-order chi connectivity index (χ1) is 8.79. The largest absolute Gasteiger partial charge is 0.351 e. The molecule has 98 valence electrons. The molecule has 0 aromatic carbocycles. The Kier molecular flexibility index (Phi) is 3.20. The Morgan fingerprint density at radius 1 is 1.39 bits per heavy atom. The minimum atomic E-state index is -0.139. The smallest absolute Gasteiger partial charge is 0.170 e. The van der Waals surface area contributed by atoms with Gasteiger partial charge >= 0.3 is 0 Å². The van der Waals surface area contributed by atoms with Crippen LogP contribution in [-0.4, -0.2) is 23.6 Å². The van der Waals surface area contributed by atoms with Gasteiger partial charge in [-0.3, -0.25) is 0 Å². The zero-order chi connectivity index (χ0) is 12.5. The van der Waals surface area contributed by atoms with E-state index in [-0.39, 0.29) is 5.82 Å². The Balaban J connectivity index is 1.77. The molecule has 1 N–H and O–H groups in total. The number of hydrogen-bond acceptors (Lipinski definition) is 3. The maximum atomic E-state index is 14.4. The minimum absolute atomic E-state index is 0.139. The molecule has 3 rings (SSSR count). The highest BCUT2D eigenvalue weighted by molar-refractivity contribution is 5.45. The second-order valence-corrected chi connectivity index (χ2v) is 5.28. The van der Waals surface area contributed by atoms with Crippen molar-refractivity contribution in [3.05, 3.63) is 23.6 Å². The van der Waals surface area contributed by atoms with Crippen molar-refractivity contribution in [2.75, 3.05) is 11.4 Å². The number of nitrogens with zero attached hydrogens (tertiary/aromatic N) is 2. The van der Waals surface area contributed by atoms with Gasteiger partial charge in [0.2, 0.25) is 0 Å². The highest BCUT2D eigenvalue weighted by Crippen LogP contribution is 2.32. The quantitative estimate of drug-likeness (QED) is 0.839. The van der Waals surface area contributed by atoms with E-state index in [0.717, 1.165) is 12.1 Å². The van der Waals surface area contributed by atoms with E-state index >= 15 is 0 Å². The summed E-state index contributed by atoms with van der Waals surface area (Å²) in [5.41, 5.74) is 0.742. The third-order valence-corrected chi connectivity index (χ3v) is 3.71. The van der Waals surface area contributed by atoms with Gasteiger partial charge in [-0.15, -0.1) is 0 Å². The van der Waals surface area contributed by atoms with Crippen molar-refractivity contribution in [2.24, 2.45) is 0 Å². The molecule has 0 radical (unpaired) electrons. The Morgan fingerprint density at radius 2 is 2.17 bits per heavy atom. The van der Waals surface area contributed by atoms with Crippen LogP contribution < -0.4 is 10.2 Å². The second kappa shape index (κ2) is 4.84. The average Bonchev–Trinajstić information content (AvgIpc) is 3.25. The molecule has 0 bridgehead atoms. The van der Waals surface area contributed by atoms with Crippen LogP contribution in [-0.2, 0) is 6.54 Å². The van der Waals surface area contributed by atoms with Gasteiger partial charge in [0.1, 0.15) is 0 Å². The van der Waals surface area contributed by atoms with E-state index in [4.69, 9.17) is 0 Å². The third-order valence-electron chi connectivity index (χ3n) is 3.71. The molecule has 1 heterocycles. The van der Waals surface area contributed by atoms with E-state index in [1.807, 2.05) is 0 Å². The normalized spacial score (nSPS) is 19.0. The summed E-state index contributed by atoms with van der Waals surface area (Å²) >= 11 is 0. The SMILES string of the molecule is CCN(c1nccc(CNC2CC2)c1F)C1CC1. The van der Waals surface area contributed by atoms with E-state index in [0.29, 0.717) is 24.4 Å². The van der Waals surface area contributed by atoms with Crippen LogP contribution in [0.5, 0.6) is 0 Å². The van der Waals surface area contributed by atoms with Crippen LogP contribution in [0.1, 0.15) is 38.2 Å². The standard InChI is InChI=1S/C14H20FN3/c1-2-18(12-5-6-12)14-13(15)10(7-8-16-14)9-17-11-3-4-11/h7-8,11-12,17H,2-6,9H2,1H3. The number of hydrogen-bond donors (Lipinski definition) is 1. The van der Waals surface area contributed by atoms with Crippen molar-refractivity contribution in [1.82, 2.24) is 10.3 Å². The van der Waals surface area contributed by atoms with Crippen LogP contribution in [0.15, 0.2) is 12.3 Å². The predicted octanol–water partition coefficient (Wildman–Crippen LogP) is 2.46. The van der Waals surface area contributed by atoms with Crippen LogP contribution in [0.2, 0.25) is 0 Å². The molecular weight excluding hydrogens is 229 g/mol. The number of halogens is 1. The molecule has 4 heteroatoms. The molecule has 0 atom stereocenters. The van der Waals surface area contributed by atoms with Crippen LogP contribution in [0.25, 0.3) is 0 Å². The molecule has 2 aliphatic rings. The number of rotatable bonds is 6. The van der Waals surface area contributed by atoms with Crippen LogP contribution in [0, 0.1) is 5.82 Å². The Bertz CT molecular complexity index is 427. The van der Waals surface area contributed by atoms with Gasteiger partial charge in [0, 0.05) is 36.9 Å². The van der Waals surface area contributed by atoms with Gasteiger partial charge < -0.3 is 10.2 Å². The molecule has 0 spiro atoms. The van der Waals surface area contributed by atoms with E-state index in [1.165, 1.54) is 25.7 Å². The van der Waals surface area contributed by atoms with Crippen LogP contribution >= 0.6 is 0 Å². The van der Waals surface area contributed by atoms with Gasteiger partial charge in [0.25, 0.3) is 0 Å². The first-order valence-corrected chi connectivity index (χ1v) is 6.93. The first kappa shape index (κ1) is 11.9. The van der Waals surface area contributed by atoms with Gasteiger partial charge in [-0.2, -0.15) is 0 Å². The van der Waals surface area contributed by atoms with Gasteiger partial charge in [0.15, 0.2) is 11.6 Å². The molecule has 2 fully saturated rings. The van der Waals surface area contributed by atoms with Gasteiger partial charge in [-0.25, -0.2) is 9.37 Å². The molecule has 0 saturated heterocycles. The molecular formula is C14H20FN3. The lowest BCUT2D eigenvalue weighted by Crippen LogP contribution is -2.28. The van der Waals surface area contributed by atoms with Gasteiger partial charge in [-0.05, 0) is 38.7 Å². The summed E-state index contributed by atoms with van der Waals surface area (Å²) in [6.45, 7) is 3.51. The van der Waals surface area contributed by atoms with E-state index in [9.17, 15) is 4.39 Å². The Hall–Kier alpha value is -1.16. The number of anilines is 1. The fourth-order valence-corrected chi connectivity index (χ4v) is 2.32. The Labute approximate surface area is 107 Å². The number of nitrogens with one attached hydrogen (secondary N) is 1. The maximum absolute atomic E-state index is 14.4. The van der Waals surface area contributed by atoms with E-state index < -0.39 is 0 Å². The lowest BCUT2D eigenvalue weighted by atomic mass is 10.2. The fraction of sp³-hybridized carbons (Fsp3) is 0.643. The summed E-state index contributed by atoms with van der Waals surface area (Å²) < 4.78 is 14.4. The average molecular weight is 249 g/mol. The van der Waals surface area contributed by atoms with Crippen molar-refractivity contribution < 1.29 is 4.39 Å². The number of aromatic nitrogens is 1. The zero-order valence-electron chi connectivity index (χ0n) is 10.8. The summed E-state index contributed by atoms with van der Waals surface area (Å²) in [5.74, 6) is 0.398. The Morgan fingerprint density at radius 3 is 2.78 bits per heavy atom. The fourth-order valence-electron chi connectivity index (χ4n) is 2.32. The van der Waals surface area contributed by atoms with Gasteiger partial charge in [0.05, 0.1) is 0 Å². The lowest BCUT2D eigenvalue weighted by Gasteiger charge is -2.22. The van der Waals surface area contributed by atoms with Crippen molar-refractivity contribution >= 4 is 5.82 Å². The summed E-state index contributed by atoms with van der Waals surface area (Å²) in [6, 6.07) is 2.89. The molecule has 1 aromatic rings. The van der Waals surface area contributed by atoms with Crippen LogP contribution in [0.3, 0.4) is 0 Å². The topological polar surface area (TPSA) is 28.2 Å². The van der Waals surface area contributed by atoms with Gasteiger partial charge in [-0.1, -0.05) is 0 Å². The van der Waals surface area contributed by atoms with Crippen molar-refractivity contribution in [3.8, 4) is 0 Å². The molecule has 2 saturated carbocycles. The van der Waals surface area contributed by atoms with Crippen LogP contribution in [0.4, 0.5) is 10.2 Å². The molecule has 1 aromatic heterocycles. The summed E-state index contributed by atoms with van der Waals surface area (Å²) in [6.07, 6.45) is 6.51. The number of pyridine rings is 1. The summed E-state index contributed by atoms with van der Waals surface area (Å²) in [4.78, 5) is 6.33. The monoisotopic (exact) mass is 249 g/mol. The van der Waals surface area contributed by atoms with E-state index in [2.05, 4.69) is 22.1 Å². The molecule has 0 amide bonds. The maximum Gasteiger partial charge on any atom is 0.170 e. The van der Waals surface area contributed by atoms with E-state index in [1.54, 1.807) is 12.3 Å².